The van der Waals surface area contributed by atoms with Crippen LogP contribution in [0.15, 0.2) is 41.3 Å². The van der Waals surface area contributed by atoms with Crippen LogP contribution in [0.25, 0.3) is 0 Å². The Bertz CT molecular complexity index is 977. The van der Waals surface area contributed by atoms with Crippen molar-refractivity contribution in [2.45, 2.75) is 51.3 Å². The van der Waals surface area contributed by atoms with Crippen LogP contribution in [0, 0.1) is 20.8 Å². The lowest BCUT2D eigenvalue weighted by Crippen LogP contribution is -2.36. The number of sulfonamides is 1. The Balaban J connectivity index is 1.77. The van der Waals surface area contributed by atoms with Gasteiger partial charge in [0.1, 0.15) is 0 Å². The SMILES string of the molecule is Cc1ccc(CC(=O)Nc2ccc(C)c(S(=O)(=O)N3CCCCC3)c2)cc1C. The van der Waals surface area contributed by atoms with E-state index in [0.717, 1.165) is 30.4 Å². The second-order valence-electron chi connectivity index (χ2n) is 7.59. The smallest absolute Gasteiger partial charge is 0.243 e. The Hall–Kier alpha value is -2.18. The highest BCUT2D eigenvalue weighted by molar-refractivity contribution is 7.89. The maximum Gasteiger partial charge on any atom is 0.243 e. The van der Waals surface area contributed by atoms with Gasteiger partial charge >= 0.3 is 0 Å². The Morgan fingerprint density at radius 2 is 1.61 bits per heavy atom. The number of benzene rings is 2. The molecule has 2 aromatic carbocycles. The van der Waals surface area contributed by atoms with E-state index in [1.54, 1.807) is 29.4 Å². The Kier molecular flexibility index (Phi) is 6.20. The highest BCUT2D eigenvalue weighted by Gasteiger charge is 2.27. The van der Waals surface area contributed by atoms with Gasteiger partial charge < -0.3 is 5.32 Å². The molecule has 0 atom stereocenters. The first kappa shape index (κ1) is 20.6. The summed E-state index contributed by atoms with van der Waals surface area (Å²) >= 11 is 0. The quantitative estimate of drug-likeness (QED) is 0.826. The second-order valence-corrected chi connectivity index (χ2v) is 9.49. The first-order valence-corrected chi connectivity index (χ1v) is 11.2. The predicted molar refractivity (Wildman–Crippen MR) is 112 cm³/mol. The summed E-state index contributed by atoms with van der Waals surface area (Å²) in [5.41, 5.74) is 4.48. The van der Waals surface area contributed by atoms with E-state index >= 15 is 0 Å². The van der Waals surface area contributed by atoms with Crippen molar-refractivity contribution >= 4 is 21.6 Å². The maximum absolute atomic E-state index is 13.0. The summed E-state index contributed by atoms with van der Waals surface area (Å²) in [6, 6.07) is 11.1. The van der Waals surface area contributed by atoms with Crippen molar-refractivity contribution in [2.75, 3.05) is 18.4 Å². The van der Waals surface area contributed by atoms with Gasteiger partial charge in [0.25, 0.3) is 0 Å². The monoisotopic (exact) mass is 400 g/mol. The van der Waals surface area contributed by atoms with Crippen LogP contribution in [0.4, 0.5) is 5.69 Å². The number of hydrogen-bond acceptors (Lipinski definition) is 3. The number of anilines is 1. The number of nitrogens with zero attached hydrogens (tertiary/aromatic N) is 1. The first-order chi connectivity index (χ1) is 13.3. The van der Waals surface area contributed by atoms with E-state index in [1.165, 1.54) is 5.56 Å². The second kappa shape index (κ2) is 8.45. The molecule has 150 valence electrons. The fraction of sp³-hybridized carbons (Fsp3) is 0.409. The molecule has 0 aromatic heterocycles. The molecule has 0 radical (unpaired) electrons. The molecule has 0 spiro atoms. The predicted octanol–water partition coefficient (Wildman–Crippen LogP) is 3.97. The van der Waals surface area contributed by atoms with Crippen LogP contribution in [0.1, 0.15) is 41.5 Å². The van der Waals surface area contributed by atoms with Crippen LogP contribution < -0.4 is 5.32 Å². The van der Waals surface area contributed by atoms with Crippen molar-refractivity contribution in [3.05, 3.63) is 58.7 Å². The average molecular weight is 401 g/mol. The highest BCUT2D eigenvalue weighted by atomic mass is 32.2. The van der Waals surface area contributed by atoms with Gasteiger partial charge in [0.05, 0.1) is 11.3 Å². The van der Waals surface area contributed by atoms with E-state index in [2.05, 4.69) is 5.32 Å². The van der Waals surface area contributed by atoms with E-state index in [9.17, 15) is 13.2 Å². The van der Waals surface area contributed by atoms with Crippen molar-refractivity contribution in [2.24, 2.45) is 0 Å². The summed E-state index contributed by atoms with van der Waals surface area (Å²) in [6.07, 6.45) is 3.11. The molecule has 1 aliphatic heterocycles. The van der Waals surface area contributed by atoms with E-state index in [-0.39, 0.29) is 17.2 Å². The maximum atomic E-state index is 13.0. The molecule has 0 bridgehead atoms. The summed E-state index contributed by atoms with van der Waals surface area (Å²) in [5, 5.41) is 2.85. The minimum Gasteiger partial charge on any atom is -0.326 e. The van der Waals surface area contributed by atoms with Gasteiger partial charge in [-0.05, 0) is 68.0 Å². The Morgan fingerprint density at radius 3 is 2.29 bits per heavy atom. The number of aryl methyl sites for hydroxylation is 3. The van der Waals surface area contributed by atoms with Crippen LogP contribution in [0.5, 0.6) is 0 Å². The Labute approximate surface area is 167 Å². The third kappa shape index (κ3) is 4.62. The van der Waals surface area contributed by atoms with Crippen LogP contribution in [-0.4, -0.2) is 31.7 Å². The van der Waals surface area contributed by atoms with Gasteiger partial charge in [0.2, 0.25) is 15.9 Å². The van der Waals surface area contributed by atoms with Gasteiger partial charge in [0, 0.05) is 18.8 Å². The number of carbonyl (C=O) groups excluding carboxylic acids is 1. The minimum absolute atomic E-state index is 0.159. The van der Waals surface area contributed by atoms with E-state index in [4.69, 9.17) is 0 Å². The van der Waals surface area contributed by atoms with Crippen LogP contribution >= 0.6 is 0 Å². The van der Waals surface area contributed by atoms with E-state index < -0.39 is 10.0 Å². The number of amides is 1. The van der Waals surface area contributed by atoms with Crippen LogP contribution in [0.3, 0.4) is 0 Å². The number of rotatable bonds is 5. The lowest BCUT2D eigenvalue weighted by molar-refractivity contribution is -0.115. The van der Waals surface area contributed by atoms with Crippen molar-refractivity contribution in [3.8, 4) is 0 Å². The Morgan fingerprint density at radius 1 is 0.929 bits per heavy atom. The molecule has 1 fully saturated rings. The number of piperidine rings is 1. The van der Waals surface area contributed by atoms with Gasteiger partial charge in [-0.1, -0.05) is 30.7 Å². The normalized spacial score (nSPS) is 15.4. The molecule has 0 unspecified atom stereocenters. The first-order valence-electron chi connectivity index (χ1n) is 9.74. The number of carbonyl (C=O) groups is 1. The third-order valence-corrected chi connectivity index (χ3v) is 7.38. The lowest BCUT2D eigenvalue weighted by Gasteiger charge is -2.26. The topological polar surface area (TPSA) is 66.5 Å². The fourth-order valence-electron chi connectivity index (χ4n) is 3.50. The summed E-state index contributed by atoms with van der Waals surface area (Å²) in [5.74, 6) is -0.159. The largest absolute Gasteiger partial charge is 0.326 e. The zero-order valence-electron chi connectivity index (χ0n) is 16.8. The standard InChI is InChI=1S/C22H28N2O3S/c1-16-7-9-19(13-18(16)3)14-22(25)23-20-10-8-17(2)21(15-20)28(26,27)24-11-5-4-6-12-24/h7-10,13,15H,4-6,11-12,14H2,1-3H3,(H,23,25). The molecule has 3 rings (SSSR count). The molecule has 1 saturated heterocycles. The average Bonchev–Trinajstić information content (AvgIpc) is 2.67. The molecule has 0 saturated carbocycles. The zero-order chi connectivity index (χ0) is 20.3. The molecule has 28 heavy (non-hydrogen) atoms. The number of nitrogens with one attached hydrogen (secondary N) is 1. The molecule has 1 N–H and O–H groups in total. The van der Waals surface area contributed by atoms with Crippen molar-refractivity contribution in [1.29, 1.82) is 0 Å². The fourth-order valence-corrected chi connectivity index (χ4v) is 5.27. The zero-order valence-corrected chi connectivity index (χ0v) is 17.6. The molecular formula is C22H28N2O3S. The molecule has 6 heteroatoms. The summed E-state index contributed by atoms with van der Waals surface area (Å²) in [6.45, 7) is 6.97. The van der Waals surface area contributed by atoms with Crippen LogP contribution in [0.2, 0.25) is 0 Å². The van der Waals surface area contributed by atoms with E-state index in [0.29, 0.717) is 24.3 Å². The summed E-state index contributed by atoms with van der Waals surface area (Å²) in [4.78, 5) is 12.7. The molecule has 1 aliphatic rings. The molecule has 0 aliphatic carbocycles. The van der Waals surface area contributed by atoms with Gasteiger partial charge in [-0.2, -0.15) is 4.31 Å². The molecular weight excluding hydrogens is 372 g/mol. The van der Waals surface area contributed by atoms with Gasteiger partial charge in [-0.25, -0.2) is 8.42 Å². The lowest BCUT2D eigenvalue weighted by atomic mass is 10.0. The third-order valence-electron chi connectivity index (χ3n) is 5.34. The van der Waals surface area contributed by atoms with Gasteiger partial charge in [0.15, 0.2) is 0 Å². The van der Waals surface area contributed by atoms with Crippen LogP contribution in [-0.2, 0) is 21.2 Å². The highest BCUT2D eigenvalue weighted by Crippen LogP contribution is 2.26. The van der Waals surface area contributed by atoms with Gasteiger partial charge in [-0.3, -0.25) is 4.79 Å². The van der Waals surface area contributed by atoms with Crippen molar-refractivity contribution in [3.63, 3.8) is 0 Å². The van der Waals surface area contributed by atoms with E-state index in [1.807, 2.05) is 32.0 Å². The van der Waals surface area contributed by atoms with Gasteiger partial charge in [-0.15, -0.1) is 0 Å². The molecule has 1 heterocycles. The summed E-state index contributed by atoms with van der Waals surface area (Å²) < 4.78 is 27.6. The molecule has 1 amide bonds. The minimum atomic E-state index is -3.54. The molecule has 5 nitrogen and oxygen atoms in total. The molecule has 2 aromatic rings. The summed E-state index contributed by atoms with van der Waals surface area (Å²) in [7, 11) is -3.54. The number of hydrogen-bond donors (Lipinski definition) is 1. The van der Waals surface area contributed by atoms with Crippen molar-refractivity contribution < 1.29 is 13.2 Å². The van der Waals surface area contributed by atoms with Crippen molar-refractivity contribution in [1.82, 2.24) is 4.31 Å².